The summed E-state index contributed by atoms with van der Waals surface area (Å²) in [6, 6.07) is 13.8. The first-order valence-corrected chi connectivity index (χ1v) is 9.81. The van der Waals surface area contributed by atoms with Crippen LogP contribution in [0.3, 0.4) is 0 Å². The molecule has 2 aromatic heterocycles. The van der Waals surface area contributed by atoms with Crippen molar-refractivity contribution in [2.45, 2.75) is 13.0 Å². The Morgan fingerprint density at radius 2 is 1.85 bits per heavy atom. The maximum absolute atomic E-state index is 12.3. The van der Waals surface area contributed by atoms with Crippen molar-refractivity contribution in [2.24, 2.45) is 5.73 Å². The third-order valence-corrected chi connectivity index (χ3v) is 5.66. The van der Waals surface area contributed by atoms with Crippen LogP contribution in [0.4, 0.5) is 5.00 Å². The van der Waals surface area contributed by atoms with Gasteiger partial charge in [-0.1, -0.05) is 35.9 Å². The van der Waals surface area contributed by atoms with Gasteiger partial charge in [-0.05, 0) is 35.4 Å². The molecule has 0 saturated carbocycles. The number of hydrogen-bond acceptors (Lipinski definition) is 5. The van der Waals surface area contributed by atoms with E-state index >= 15 is 0 Å². The lowest BCUT2D eigenvalue weighted by molar-refractivity contribution is -0.115. The van der Waals surface area contributed by atoms with Crippen molar-refractivity contribution in [3.63, 3.8) is 0 Å². The second kappa shape index (κ2) is 8.27. The highest BCUT2D eigenvalue weighted by molar-refractivity contribution is 7.14. The van der Waals surface area contributed by atoms with E-state index in [1.165, 1.54) is 16.9 Å². The Labute approximate surface area is 159 Å². The minimum absolute atomic E-state index is 0.0692. The third-order valence-electron chi connectivity index (χ3n) is 3.89. The number of carbonyl (C=O) groups is 2. The molecule has 2 heterocycles. The summed E-state index contributed by atoms with van der Waals surface area (Å²) in [5, 5.41) is 10.3. The van der Waals surface area contributed by atoms with Gasteiger partial charge in [-0.15, -0.1) is 22.7 Å². The van der Waals surface area contributed by atoms with Crippen molar-refractivity contribution in [3.8, 4) is 0 Å². The van der Waals surface area contributed by atoms with Gasteiger partial charge in [0.2, 0.25) is 5.91 Å². The van der Waals surface area contributed by atoms with E-state index in [2.05, 4.69) is 34.9 Å². The normalized spacial score (nSPS) is 11.9. The molecule has 1 aromatic carbocycles. The zero-order valence-corrected chi connectivity index (χ0v) is 15.8. The molecule has 0 aliphatic heterocycles. The van der Waals surface area contributed by atoms with Crippen LogP contribution in [0.5, 0.6) is 0 Å². The van der Waals surface area contributed by atoms with Crippen LogP contribution in [0.15, 0.2) is 53.2 Å². The number of carbonyl (C=O) groups excluding carboxylic acids is 2. The van der Waals surface area contributed by atoms with Gasteiger partial charge in [-0.3, -0.25) is 14.9 Å². The van der Waals surface area contributed by atoms with E-state index in [-0.39, 0.29) is 18.5 Å². The minimum Gasteiger partial charge on any atom is -0.366 e. The number of hydrogen-bond donors (Lipinski definition) is 3. The number of amides is 2. The average molecular weight is 386 g/mol. The SMILES string of the molecule is Cc1ccc(C(NCC(=O)Nc2sccc2C(N)=O)c2cccs2)cc1. The predicted molar refractivity (Wildman–Crippen MR) is 107 cm³/mol. The van der Waals surface area contributed by atoms with Gasteiger partial charge in [0.25, 0.3) is 5.91 Å². The van der Waals surface area contributed by atoms with Crippen molar-refractivity contribution < 1.29 is 9.59 Å². The summed E-state index contributed by atoms with van der Waals surface area (Å²) in [7, 11) is 0. The van der Waals surface area contributed by atoms with Crippen LogP contribution in [0.25, 0.3) is 0 Å². The van der Waals surface area contributed by atoms with Crippen LogP contribution in [0.1, 0.15) is 32.4 Å². The molecule has 3 aromatic rings. The molecule has 134 valence electrons. The second-order valence-corrected chi connectivity index (χ2v) is 7.71. The molecule has 7 heteroatoms. The van der Waals surface area contributed by atoms with Gasteiger partial charge in [0.1, 0.15) is 5.00 Å². The molecule has 0 aliphatic rings. The summed E-state index contributed by atoms with van der Waals surface area (Å²) in [5.41, 5.74) is 7.93. The quantitative estimate of drug-likeness (QED) is 0.582. The van der Waals surface area contributed by atoms with Crippen molar-refractivity contribution >= 4 is 39.5 Å². The number of benzene rings is 1. The number of primary amides is 1. The largest absolute Gasteiger partial charge is 0.366 e. The van der Waals surface area contributed by atoms with Crippen LogP contribution in [-0.2, 0) is 4.79 Å². The van der Waals surface area contributed by atoms with Crippen LogP contribution >= 0.6 is 22.7 Å². The van der Waals surface area contributed by atoms with Gasteiger partial charge in [0.15, 0.2) is 0 Å². The van der Waals surface area contributed by atoms with Crippen molar-refractivity contribution in [3.05, 3.63) is 74.8 Å². The number of nitrogens with one attached hydrogen (secondary N) is 2. The Morgan fingerprint density at radius 3 is 2.50 bits per heavy atom. The van der Waals surface area contributed by atoms with Crippen molar-refractivity contribution in [2.75, 3.05) is 11.9 Å². The van der Waals surface area contributed by atoms with E-state index in [0.29, 0.717) is 10.6 Å². The van der Waals surface area contributed by atoms with Crippen LogP contribution in [0.2, 0.25) is 0 Å². The summed E-state index contributed by atoms with van der Waals surface area (Å²) in [6.07, 6.45) is 0. The van der Waals surface area contributed by atoms with E-state index in [4.69, 9.17) is 5.73 Å². The topological polar surface area (TPSA) is 84.2 Å². The fraction of sp³-hybridized carbons (Fsp3) is 0.158. The first kappa shape index (κ1) is 18.3. The van der Waals surface area contributed by atoms with Gasteiger partial charge in [-0.2, -0.15) is 0 Å². The Balaban J connectivity index is 1.70. The number of aryl methyl sites for hydroxylation is 1. The fourth-order valence-corrected chi connectivity index (χ4v) is 4.20. The molecule has 2 amide bonds. The maximum Gasteiger partial charge on any atom is 0.251 e. The standard InChI is InChI=1S/C19H19N3O2S2/c1-12-4-6-13(7-5-12)17(15-3-2-9-25-15)21-11-16(23)22-19-14(18(20)24)8-10-26-19/h2-10,17,21H,11H2,1H3,(H2,20,24)(H,22,23). The van der Waals surface area contributed by atoms with E-state index < -0.39 is 5.91 Å². The van der Waals surface area contributed by atoms with Crippen molar-refractivity contribution in [1.29, 1.82) is 0 Å². The number of anilines is 1. The molecule has 0 aliphatic carbocycles. The highest BCUT2D eigenvalue weighted by atomic mass is 32.1. The second-order valence-electron chi connectivity index (χ2n) is 5.82. The van der Waals surface area contributed by atoms with Crippen LogP contribution in [0, 0.1) is 6.92 Å². The zero-order chi connectivity index (χ0) is 18.5. The maximum atomic E-state index is 12.3. The molecule has 0 saturated heterocycles. The van der Waals surface area contributed by atoms with E-state index in [0.717, 1.165) is 10.4 Å². The Bertz CT molecular complexity index is 886. The molecular weight excluding hydrogens is 366 g/mol. The van der Waals surface area contributed by atoms with Crippen LogP contribution in [-0.4, -0.2) is 18.4 Å². The zero-order valence-electron chi connectivity index (χ0n) is 14.2. The molecule has 26 heavy (non-hydrogen) atoms. The summed E-state index contributed by atoms with van der Waals surface area (Å²) < 4.78 is 0. The van der Waals surface area contributed by atoms with Crippen molar-refractivity contribution in [1.82, 2.24) is 5.32 Å². The monoisotopic (exact) mass is 385 g/mol. The van der Waals surface area contributed by atoms with Gasteiger partial charge < -0.3 is 11.1 Å². The van der Waals surface area contributed by atoms with E-state index in [1.54, 1.807) is 22.8 Å². The molecule has 4 N–H and O–H groups in total. The van der Waals surface area contributed by atoms with E-state index in [9.17, 15) is 9.59 Å². The lowest BCUT2D eigenvalue weighted by Gasteiger charge is -2.18. The molecule has 0 spiro atoms. The van der Waals surface area contributed by atoms with Gasteiger partial charge in [-0.25, -0.2) is 0 Å². The minimum atomic E-state index is -0.550. The molecule has 0 bridgehead atoms. The first-order chi connectivity index (χ1) is 12.5. The molecule has 0 radical (unpaired) electrons. The lowest BCUT2D eigenvalue weighted by atomic mass is 10.0. The summed E-state index contributed by atoms with van der Waals surface area (Å²) >= 11 is 2.92. The van der Waals surface area contributed by atoms with E-state index in [1.807, 2.05) is 24.4 Å². The summed E-state index contributed by atoms with van der Waals surface area (Å²) in [5.74, 6) is -0.769. The van der Waals surface area contributed by atoms with Gasteiger partial charge >= 0.3 is 0 Å². The van der Waals surface area contributed by atoms with Gasteiger partial charge in [0.05, 0.1) is 18.2 Å². The summed E-state index contributed by atoms with van der Waals surface area (Å²) in [4.78, 5) is 24.8. The predicted octanol–water partition coefficient (Wildman–Crippen LogP) is 3.53. The molecule has 1 atom stereocenters. The fourth-order valence-electron chi connectivity index (χ4n) is 2.56. The lowest BCUT2D eigenvalue weighted by Crippen LogP contribution is -2.31. The summed E-state index contributed by atoms with van der Waals surface area (Å²) in [6.45, 7) is 2.16. The molecule has 1 unspecified atom stereocenters. The average Bonchev–Trinajstić information content (AvgIpc) is 3.28. The molecule has 5 nitrogen and oxygen atoms in total. The molecule has 3 rings (SSSR count). The molecular formula is C19H19N3O2S2. The Morgan fingerprint density at radius 1 is 1.08 bits per heavy atom. The van der Waals surface area contributed by atoms with Crippen LogP contribution < -0.4 is 16.4 Å². The Hall–Kier alpha value is -2.48. The van der Waals surface area contributed by atoms with Gasteiger partial charge in [0, 0.05) is 4.88 Å². The highest BCUT2D eigenvalue weighted by Gasteiger charge is 2.17. The first-order valence-electron chi connectivity index (χ1n) is 8.05. The number of rotatable bonds is 7. The Kier molecular flexibility index (Phi) is 5.82. The third kappa shape index (κ3) is 4.37. The number of thiophene rings is 2. The smallest absolute Gasteiger partial charge is 0.251 e. The highest BCUT2D eigenvalue weighted by Crippen LogP contribution is 2.26. The molecule has 0 fully saturated rings. The number of nitrogens with two attached hydrogens (primary N) is 1.